The van der Waals surface area contributed by atoms with Gasteiger partial charge in [0.2, 0.25) is 0 Å². The molecule has 0 atom stereocenters. The molecule has 0 saturated heterocycles. The lowest BCUT2D eigenvalue weighted by molar-refractivity contribution is -0.385. The molecule has 0 bridgehead atoms. The topological polar surface area (TPSA) is 97.2 Å². The van der Waals surface area contributed by atoms with Crippen LogP contribution in [0, 0.1) is 16.0 Å². The molecule has 1 aromatic rings. The predicted octanol–water partition coefficient (Wildman–Crippen LogP) is 2.34. The van der Waals surface area contributed by atoms with Crippen molar-refractivity contribution in [2.45, 2.75) is 32.6 Å². The fourth-order valence-electron chi connectivity index (χ4n) is 2.60. The third-order valence-electron chi connectivity index (χ3n) is 3.71. The lowest BCUT2D eigenvalue weighted by Crippen LogP contribution is -2.29. The predicted molar refractivity (Wildman–Crippen MR) is 79.3 cm³/mol. The van der Waals surface area contributed by atoms with Gasteiger partial charge in [0.15, 0.2) is 0 Å². The van der Waals surface area contributed by atoms with Crippen molar-refractivity contribution in [2.24, 2.45) is 5.92 Å². The van der Waals surface area contributed by atoms with Crippen LogP contribution >= 0.6 is 0 Å². The number of carbonyl (C=O) groups is 1. The SMILES string of the molecule is CCNc1cc(C(=O)NCC2CCCC2)c([N+](=O)[O-])cn1. The Morgan fingerprint density at radius 1 is 1.48 bits per heavy atom. The number of amides is 1. The van der Waals surface area contributed by atoms with Crippen molar-refractivity contribution < 1.29 is 9.72 Å². The minimum Gasteiger partial charge on any atom is -0.370 e. The number of hydrogen-bond acceptors (Lipinski definition) is 5. The van der Waals surface area contributed by atoms with Gasteiger partial charge in [0.25, 0.3) is 11.6 Å². The van der Waals surface area contributed by atoms with Gasteiger partial charge in [-0.1, -0.05) is 12.8 Å². The Hall–Kier alpha value is -2.18. The maximum Gasteiger partial charge on any atom is 0.300 e. The van der Waals surface area contributed by atoms with Gasteiger partial charge in [0, 0.05) is 19.2 Å². The lowest BCUT2D eigenvalue weighted by atomic mass is 10.1. The van der Waals surface area contributed by atoms with Gasteiger partial charge in [0.1, 0.15) is 17.6 Å². The Labute approximate surface area is 123 Å². The monoisotopic (exact) mass is 292 g/mol. The zero-order valence-electron chi connectivity index (χ0n) is 12.1. The summed E-state index contributed by atoms with van der Waals surface area (Å²) in [6, 6.07) is 1.44. The fourth-order valence-corrected chi connectivity index (χ4v) is 2.60. The molecule has 1 amide bonds. The molecule has 0 radical (unpaired) electrons. The van der Waals surface area contributed by atoms with E-state index in [1.54, 1.807) is 0 Å². The molecule has 1 saturated carbocycles. The zero-order valence-corrected chi connectivity index (χ0v) is 12.1. The first-order valence-electron chi connectivity index (χ1n) is 7.28. The van der Waals surface area contributed by atoms with Gasteiger partial charge < -0.3 is 10.6 Å². The smallest absolute Gasteiger partial charge is 0.300 e. The van der Waals surface area contributed by atoms with Gasteiger partial charge in [-0.3, -0.25) is 14.9 Å². The first kappa shape index (κ1) is 15.2. The van der Waals surface area contributed by atoms with E-state index in [1.807, 2.05) is 6.92 Å². The van der Waals surface area contributed by atoms with E-state index in [0.717, 1.165) is 19.0 Å². The minimum atomic E-state index is -0.576. The Kier molecular flexibility index (Phi) is 5.08. The van der Waals surface area contributed by atoms with E-state index >= 15 is 0 Å². The van der Waals surface area contributed by atoms with Gasteiger partial charge in [-0.25, -0.2) is 4.98 Å². The number of carbonyl (C=O) groups excluding carboxylic acids is 1. The van der Waals surface area contributed by atoms with Crippen molar-refractivity contribution in [1.29, 1.82) is 0 Å². The van der Waals surface area contributed by atoms with Gasteiger partial charge >= 0.3 is 0 Å². The first-order chi connectivity index (χ1) is 10.1. The highest BCUT2D eigenvalue weighted by Crippen LogP contribution is 2.24. The van der Waals surface area contributed by atoms with Crippen LogP contribution in [0.3, 0.4) is 0 Å². The number of nitro groups is 1. The van der Waals surface area contributed by atoms with Gasteiger partial charge in [-0.05, 0) is 25.7 Å². The number of nitrogens with one attached hydrogen (secondary N) is 2. The van der Waals surface area contributed by atoms with Crippen molar-refractivity contribution in [2.75, 3.05) is 18.4 Å². The molecule has 2 rings (SSSR count). The van der Waals surface area contributed by atoms with Crippen LogP contribution in [0.5, 0.6) is 0 Å². The second-order valence-electron chi connectivity index (χ2n) is 5.23. The molecule has 2 N–H and O–H groups in total. The largest absolute Gasteiger partial charge is 0.370 e. The molecule has 21 heavy (non-hydrogen) atoms. The molecule has 1 aliphatic carbocycles. The summed E-state index contributed by atoms with van der Waals surface area (Å²) < 4.78 is 0. The average molecular weight is 292 g/mol. The minimum absolute atomic E-state index is 0.0592. The summed E-state index contributed by atoms with van der Waals surface area (Å²) in [5.41, 5.74) is -0.204. The van der Waals surface area contributed by atoms with Crippen molar-refractivity contribution in [3.05, 3.63) is 27.9 Å². The van der Waals surface area contributed by atoms with Gasteiger partial charge in [-0.2, -0.15) is 0 Å². The normalized spacial score (nSPS) is 14.9. The molecule has 0 unspecified atom stereocenters. The van der Waals surface area contributed by atoms with E-state index in [2.05, 4.69) is 15.6 Å². The second-order valence-corrected chi connectivity index (χ2v) is 5.23. The van der Waals surface area contributed by atoms with Gasteiger partial charge in [0.05, 0.1) is 4.92 Å². The Morgan fingerprint density at radius 3 is 2.81 bits per heavy atom. The summed E-state index contributed by atoms with van der Waals surface area (Å²) in [7, 11) is 0. The summed E-state index contributed by atoms with van der Waals surface area (Å²) in [5.74, 6) is 0.548. The number of nitrogens with zero attached hydrogens (tertiary/aromatic N) is 2. The van der Waals surface area contributed by atoms with Crippen molar-refractivity contribution >= 4 is 17.4 Å². The molecular formula is C14H20N4O3. The maximum atomic E-state index is 12.2. The molecule has 7 heteroatoms. The number of hydrogen-bond donors (Lipinski definition) is 2. The van der Waals surface area contributed by atoms with Crippen molar-refractivity contribution in [3.8, 4) is 0 Å². The van der Waals surface area contributed by atoms with Crippen LogP contribution in [0.15, 0.2) is 12.3 Å². The summed E-state index contributed by atoms with van der Waals surface area (Å²) in [6.07, 6.45) is 5.74. The highest BCUT2D eigenvalue weighted by molar-refractivity contribution is 5.98. The molecule has 0 aromatic carbocycles. The number of aromatic nitrogens is 1. The molecule has 1 fully saturated rings. The quantitative estimate of drug-likeness (QED) is 0.619. The fraction of sp³-hybridized carbons (Fsp3) is 0.571. The van der Waals surface area contributed by atoms with E-state index in [1.165, 1.54) is 18.9 Å². The summed E-state index contributed by atoms with van der Waals surface area (Å²) in [6.45, 7) is 3.10. The standard InChI is InChI=1S/C14H20N4O3/c1-2-15-13-7-11(12(9-16-13)18(20)21)14(19)17-8-10-5-3-4-6-10/h7,9-10H,2-6,8H2,1H3,(H,15,16)(H,17,19). The van der Waals surface area contributed by atoms with Crippen LogP contribution < -0.4 is 10.6 Å². The molecule has 1 heterocycles. The first-order valence-corrected chi connectivity index (χ1v) is 7.28. The summed E-state index contributed by atoms with van der Waals surface area (Å²) in [4.78, 5) is 26.6. The van der Waals surface area contributed by atoms with E-state index in [0.29, 0.717) is 24.8 Å². The maximum absolute atomic E-state index is 12.2. The Morgan fingerprint density at radius 2 is 2.19 bits per heavy atom. The molecule has 1 aromatic heterocycles. The van der Waals surface area contributed by atoms with E-state index in [9.17, 15) is 14.9 Å². The highest BCUT2D eigenvalue weighted by Gasteiger charge is 2.23. The molecular weight excluding hydrogens is 272 g/mol. The van der Waals surface area contributed by atoms with Crippen LogP contribution in [0.2, 0.25) is 0 Å². The molecule has 114 valence electrons. The number of anilines is 1. The molecule has 7 nitrogen and oxygen atoms in total. The van der Waals surface area contributed by atoms with Crippen LogP contribution in [-0.2, 0) is 0 Å². The zero-order chi connectivity index (χ0) is 15.2. The average Bonchev–Trinajstić information content (AvgIpc) is 2.98. The van der Waals surface area contributed by atoms with Crippen molar-refractivity contribution in [1.82, 2.24) is 10.3 Å². The third-order valence-corrected chi connectivity index (χ3v) is 3.71. The van der Waals surface area contributed by atoms with Crippen LogP contribution in [-0.4, -0.2) is 28.9 Å². The van der Waals surface area contributed by atoms with Crippen LogP contribution in [0.25, 0.3) is 0 Å². The van der Waals surface area contributed by atoms with E-state index in [4.69, 9.17) is 0 Å². The molecule has 1 aliphatic rings. The van der Waals surface area contributed by atoms with E-state index < -0.39 is 10.8 Å². The second kappa shape index (κ2) is 7.01. The van der Waals surface area contributed by atoms with Crippen LogP contribution in [0.4, 0.5) is 11.5 Å². The summed E-state index contributed by atoms with van der Waals surface area (Å²) >= 11 is 0. The number of rotatable bonds is 6. The van der Waals surface area contributed by atoms with Crippen LogP contribution in [0.1, 0.15) is 43.0 Å². The Bertz CT molecular complexity index is 527. The molecule has 0 spiro atoms. The van der Waals surface area contributed by atoms with Crippen molar-refractivity contribution in [3.63, 3.8) is 0 Å². The Balaban J connectivity index is 2.12. The highest BCUT2D eigenvalue weighted by atomic mass is 16.6. The van der Waals surface area contributed by atoms with Gasteiger partial charge in [-0.15, -0.1) is 0 Å². The lowest BCUT2D eigenvalue weighted by Gasteiger charge is -2.11. The molecule has 0 aliphatic heterocycles. The summed E-state index contributed by atoms with van der Waals surface area (Å²) in [5, 5.41) is 16.8. The third kappa shape index (κ3) is 3.90. The van der Waals surface area contributed by atoms with E-state index in [-0.39, 0.29) is 11.3 Å². The number of pyridine rings is 1.